The Morgan fingerprint density at radius 2 is 2.16 bits per heavy atom. The Morgan fingerprint density at radius 1 is 1.36 bits per heavy atom. The first-order valence-electron chi connectivity index (χ1n) is 7.67. The smallest absolute Gasteiger partial charge is 0.315 e. The van der Waals surface area contributed by atoms with Crippen LogP contribution in [-0.4, -0.2) is 43.7 Å². The van der Waals surface area contributed by atoms with Crippen molar-refractivity contribution in [2.75, 3.05) is 18.0 Å². The summed E-state index contributed by atoms with van der Waals surface area (Å²) in [4.78, 5) is 26.9. The van der Waals surface area contributed by atoms with Gasteiger partial charge in [0.1, 0.15) is 4.88 Å². The standard InChI is InChI=1S/C14H14ClN7O2S/c15-10-9(25-14(19-10)21-4-1-2-5-21)12-17-3-6-22(12)7-8-18-13(11(16)23)24-20-8/h3,6H,1-2,4-5,7H2,(H2,16,23). The normalized spacial score (nSPS) is 14.4. The third kappa shape index (κ3) is 3.10. The van der Waals surface area contributed by atoms with Gasteiger partial charge in [-0.2, -0.15) is 4.98 Å². The molecule has 1 fully saturated rings. The summed E-state index contributed by atoms with van der Waals surface area (Å²) in [6.07, 6.45) is 5.78. The van der Waals surface area contributed by atoms with Crippen LogP contribution in [0.15, 0.2) is 16.9 Å². The molecule has 3 aromatic rings. The SMILES string of the molecule is NC(=O)c1nc(Cn2ccnc2-c2sc(N3CCCC3)nc2Cl)no1. The minimum atomic E-state index is -0.759. The van der Waals surface area contributed by atoms with E-state index in [4.69, 9.17) is 21.9 Å². The molecule has 4 heterocycles. The number of carbonyl (C=O) groups is 1. The Morgan fingerprint density at radius 3 is 2.88 bits per heavy atom. The van der Waals surface area contributed by atoms with Crippen LogP contribution < -0.4 is 10.6 Å². The first-order valence-corrected chi connectivity index (χ1v) is 8.86. The van der Waals surface area contributed by atoms with Crippen LogP contribution in [-0.2, 0) is 6.54 Å². The highest BCUT2D eigenvalue weighted by Crippen LogP contribution is 2.38. The summed E-state index contributed by atoms with van der Waals surface area (Å²) in [5.41, 5.74) is 5.12. The van der Waals surface area contributed by atoms with Gasteiger partial charge in [0.15, 0.2) is 21.9 Å². The fourth-order valence-electron chi connectivity index (χ4n) is 2.69. The average molecular weight is 380 g/mol. The van der Waals surface area contributed by atoms with Gasteiger partial charge in [-0.05, 0) is 12.8 Å². The number of imidazole rings is 1. The Kier molecular flexibility index (Phi) is 4.14. The van der Waals surface area contributed by atoms with Gasteiger partial charge in [-0.15, -0.1) is 0 Å². The van der Waals surface area contributed by atoms with Gasteiger partial charge < -0.3 is 19.7 Å². The maximum Gasteiger partial charge on any atom is 0.315 e. The number of nitrogens with zero attached hydrogens (tertiary/aromatic N) is 6. The number of halogens is 1. The van der Waals surface area contributed by atoms with Crippen molar-refractivity contribution in [3.63, 3.8) is 0 Å². The number of aromatic nitrogens is 5. The van der Waals surface area contributed by atoms with Gasteiger partial charge in [0.2, 0.25) is 0 Å². The molecule has 9 nitrogen and oxygen atoms in total. The van der Waals surface area contributed by atoms with Crippen LogP contribution in [0.5, 0.6) is 0 Å². The van der Waals surface area contributed by atoms with Gasteiger partial charge in [-0.1, -0.05) is 28.1 Å². The number of hydrogen-bond donors (Lipinski definition) is 1. The molecule has 4 rings (SSSR count). The van der Waals surface area contributed by atoms with Crippen molar-refractivity contribution < 1.29 is 9.32 Å². The van der Waals surface area contributed by atoms with Crippen LogP contribution in [0.1, 0.15) is 29.4 Å². The third-order valence-electron chi connectivity index (χ3n) is 3.86. The third-order valence-corrected chi connectivity index (χ3v) is 5.36. The van der Waals surface area contributed by atoms with Crippen molar-refractivity contribution in [2.45, 2.75) is 19.4 Å². The van der Waals surface area contributed by atoms with Crippen molar-refractivity contribution in [1.82, 2.24) is 24.7 Å². The maximum atomic E-state index is 11.1. The summed E-state index contributed by atoms with van der Waals surface area (Å²) in [6.45, 7) is 2.27. The fourth-order valence-corrected chi connectivity index (χ4v) is 4.04. The van der Waals surface area contributed by atoms with E-state index in [9.17, 15) is 4.79 Å². The van der Waals surface area contributed by atoms with Crippen LogP contribution in [0.3, 0.4) is 0 Å². The van der Waals surface area contributed by atoms with E-state index < -0.39 is 5.91 Å². The second kappa shape index (κ2) is 6.45. The fraction of sp³-hybridized carbons (Fsp3) is 0.357. The molecule has 130 valence electrons. The van der Waals surface area contributed by atoms with Crippen LogP contribution in [0.4, 0.5) is 5.13 Å². The van der Waals surface area contributed by atoms with Crippen LogP contribution in [0.2, 0.25) is 5.15 Å². The van der Waals surface area contributed by atoms with Crippen molar-refractivity contribution in [1.29, 1.82) is 0 Å². The van der Waals surface area contributed by atoms with E-state index in [1.807, 2.05) is 4.57 Å². The van der Waals surface area contributed by atoms with E-state index in [-0.39, 0.29) is 12.4 Å². The van der Waals surface area contributed by atoms with Crippen molar-refractivity contribution >= 4 is 34.0 Å². The Labute approximate surface area is 151 Å². The number of nitrogens with two attached hydrogens (primary N) is 1. The maximum absolute atomic E-state index is 11.1. The first-order chi connectivity index (χ1) is 12.1. The average Bonchev–Trinajstić information content (AvgIpc) is 3.34. The van der Waals surface area contributed by atoms with Crippen molar-refractivity contribution in [3.05, 3.63) is 29.3 Å². The lowest BCUT2D eigenvalue weighted by Gasteiger charge is -2.11. The van der Waals surface area contributed by atoms with Gasteiger partial charge in [-0.25, -0.2) is 9.97 Å². The second-order valence-electron chi connectivity index (χ2n) is 5.57. The highest BCUT2D eigenvalue weighted by atomic mass is 35.5. The highest BCUT2D eigenvalue weighted by Gasteiger charge is 2.22. The molecule has 0 bridgehead atoms. The molecule has 3 aromatic heterocycles. The molecule has 1 amide bonds. The summed E-state index contributed by atoms with van der Waals surface area (Å²) in [5.74, 6) is 0.0148. The molecule has 0 aromatic carbocycles. The van der Waals surface area contributed by atoms with E-state index in [2.05, 4.69) is 25.0 Å². The topological polar surface area (TPSA) is 116 Å². The van der Waals surface area contributed by atoms with Crippen LogP contribution >= 0.6 is 22.9 Å². The van der Waals surface area contributed by atoms with Crippen LogP contribution in [0.25, 0.3) is 10.7 Å². The van der Waals surface area contributed by atoms with Gasteiger partial charge in [0.05, 0.1) is 6.54 Å². The first kappa shape index (κ1) is 16.0. The molecular weight excluding hydrogens is 366 g/mol. The predicted molar refractivity (Wildman–Crippen MR) is 91.7 cm³/mol. The number of rotatable bonds is 5. The Balaban J connectivity index is 1.61. The number of amides is 1. The molecule has 1 aliphatic heterocycles. The predicted octanol–water partition coefficient (Wildman–Crippen LogP) is 1.79. The second-order valence-corrected chi connectivity index (χ2v) is 6.90. The zero-order chi connectivity index (χ0) is 17.4. The molecular formula is C14H14ClN7O2S. The van der Waals surface area contributed by atoms with Gasteiger partial charge in [0, 0.05) is 25.5 Å². The van der Waals surface area contributed by atoms with E-state index >= 15 is 0 Å². The number of primary amides is 1. The van der Waals surface area contributed by atoms with Crippen LogP contribution in [0, 0.1) is 0 Å². The largest absolute Gasteiger partial charge is 0.361 e. The molecule has 0 unspecified atom stereocenters. The Hall–Kier alpha value is -2.46. The molecule has 0 radical (unpaired) electrons. The van der Waals surface area contributed by atoms with E-state index in [1.165, 1.54) is 24.2 Å². The lowest BCUT2D eigenvalue weighted by Crippen LogP contribution is -2.16. The zero-order valence-corrected chi connectivity index (χ0v) is 14.6. The number of anilines is 1. The molecule has 2 N–H and O–H groups in total. The molecule has 0 spiro atoms. The summed E-state index contributed by atoms with van der Waals surface area (Å²) < 4.78 is 6.63. The number of hydrogen-bond acceptors (Lipinski definition) is 8. The summed E-state index contributed by atoms with van der Waals surface area (Å²) in [6, 6.07) is 0. The molecule has 0 atom stereocenters. The van der Waals surface area contributed by atoms with Gasteiger partial charge in [0.25, 0.3) is 0 Å². The van der Waals surface area contributed by atoms with Gasteiger partial charge >= 0.3 is 11.8 Å². The molecule has 0 saturated carbocycles. The molecule has 1 saturated heterocycles. The lowest BCUT2D eigenvalue weighted by molar-refractivity contribution is 0.0958. The Bertz CT molecular complexity index is 912. The molecule has 25 heavy (non-hydrogen) atoms. The summed E-state index contributed by atoms with van der Waals surface area (Å²) in [5, 5.41) is 5.08. The highest BCUT2D eigenvalue weighted by molar-refractivity contribution is 7.19. The van der Waals surface area contributed by atoms with E-state index in [0.717, 1.165) is 23.1 Å². The van der Waals surface area contributed by atoms with Crippen molar-refractivity contribution in [3.8, 4) is 10.7 Å². The number of thiazole rings is 1. The quantitative estimate of drug-likeness (QED) is 0.718. The minimum absolute atomic E-state index is 0.219. The molecule has 0 aliphatic carbocycles. The minimum Gasteiger partial charge on any atom is -0.361 e. The summed E-state index contributed by atoms with van der Waals surface area (Å²) >= 11 is 7.85. The molecule has 11 heteroatoms. The van der Waals surface area contributed by atoms with E-state index in [0.29, 0.717) is 16.8 Å². The monoisotopic (exact) mass is 379 g/mol. The van der Waals surface area contributed by atoms with E-state index in [1.54, 1.807) is 12.4 Å². The molecule has 1 aliphatic rings. The van der Waals surface area contributed by atoms with Gasteiger partial charge in [-0.3, -0.25) is 4.79 Å². The number of carbonyl (C=O) groups excluding carboxylic acids is 1. The van der Waals surface area contributed by atoms with Crippen molar-refractivity contribution in [2.24, 2.45) is 5.73 Å². The zero-order valence-electron chi connectivity index (χ0n) is 13.1. The summed E-state index contributed by atoms with van der Waals surface area (Å²) in [7, 11) is 0. The lowest BCUT2D eigenvalue weighted by atomic mass is 10.4.